The molecule has 7 nitrogen and oxygen atoms in total. The third-order valence-electron chi connectivity index (χ3n) is 3.47. The van der Waals surface area contributed by atoms with E-state index in [1.54, 1.807) is 24.6 Å². The molecule has 4 rings (SSSR count). The van der Waals surface area contributed by atoms with Crippen molar-refractivity contribution >= 4 is 54.1 Å². The van der Waals surface area contributed by atoms with E-state index < -0.39 is 0 Å². The fourth-order valence-electron chi connectivity index (χ4n) is 2.48. The van der Waals surface area contributed by atoms with Crippen molar-refractivity contribution in [1.29, 1.82) is 0 Å². The summed E-state index contributed by atoms with van der Waals surface area (Å²) in [5.41, 5.74) is 2.13. The van der Waals surface area contributed by atoms with E-state index >= 15 is 0 Å². The van der Waals surface area contributed by atoms with Gasteiger partial charge in [-0.15, -0.1) is 16.4 Å². The summed E-state index contributed by atoms with van der Waals surface area (Å²) in [4.78, 5) is 21.5. The third kappa shape index (κ3) is 2.42. The summed E-state index contributed by atoms with van der Waals surface area (Å²) in [6.07, 6.45) is 1.61. The molecular formula is C15H13N5O2S2. The molecule has 1 N–H and O–H groups in total. The van der Waals surface area contributed by atoms with Gasteiger partial charge in [-0.05, 0) is 19.1 Å². The van der Waals surface area contributed by atoms with Crippen molar-refractivity contribution in [3.05, 3.63) is 28.9 Å². The van der Waals surface area contributed by atoms with Gasteiger partial charge in [-0.3, -0.25) is 14.8 Å². The lowest BCUT2D eigenvalue weighted by Crippen LogP contribution is -2.12. The number of carbonyl (C=O) groups excluding carboxylic acids is 1. The van der Waals surface area contributed by atoms with Crippen molar-refractivity contribution in [2.45, 2.75) is 6.92 Å². The first-order chi connectivity index (χ1) is 11.5. The number of nitrogens with zero attached hydrogens (tertiary/aromatic N) is 4. The molecule has 0 atom stereocenters. The minimum atomic E-state index is -0.301. The molecule has 3 heterocycles. The topological polar surface area (TPSA) is 81.9 Å². The predicted molar refractivity (Wildman–Crippen MR) is 95.2 cm³/mol. The smallest absolute Gasteiger partial charge is 0.264 e. The molecule has 0 aliphatic carbocycles. The quantitative estimate of drug-likeness (QED) is 0.607. The molecule has 0 fully saturated rings. The molecule has 0 aliphatic rings. The van der Waals surface area contributed by atoms with E-state index in [2.05, 4.69) is 20.4 Å². The zero-order valence-electron chi connectivity index (χ0n) is 13.2. The number of amides is 1. The molecule has 0 saturated carbocycles. The summed E-state index contributed by atoms with van der Waals surface area (Å²) in [6, 6.07) is 3.96. The van der Waals surface area contributed by atoms with Gasteiger partial charge in [0.1, 0.15) is 11.1 Å². The molecule has 1 amide bonds. The van der Waals surface area contributed by atoms with Gasteiger partial charge in [-0.25, -0.2) is 9.97 Å². The van der Waals surface area contributed by atoms with Crippen molar-refractivity contribution < 1.29 is 9.53 Å². The van der Waals surface area contributed by atoms with Crippen LogP contribution in [0.2, 0.25) is 0 Å². The molecule has 3 aromatic heterocycles. The number of nitrogens with one attached hydrogen (secondary N) is 1. The number of ether oxygens (including phenoxy) is 1. The predicted octanol–water partition coefficient (Wildman–Crippen LogP) is 3.21. The highest BCUT2D eigenvalue weighted by atomic mass is 32.1. The first-order valence-electron chi connectivity index (χ1n) is 7.11. The van der Waals surface area contributed by atoms with Gasteiger partial charge in [-0.1, -0.05) is 11.3 Å². The number of benzene rings is 1. The largest absolute Gasteiger partial charge is 0.479 e. The number of thiazole rings is 2. The van der Waals surface area contributed by atoms with Crippen LogP contribution in [0.25, 0.3) is 20.4 Å². The Labute approximate surface area is 144 Å². The van der Waals surface area contributed by atoms with Gasteiger partial charge in [-0.2, -0.15) is 0 Å². The maximum atomic E-state index is 12.5. The fraction of sp³-hybridized carbons (Fsp3) is 0.200. The number of hydrogen-bond donors (Lipinski definition) is 1. The second kappa shape index (κ2) is 5.53. The molecule has 0 spiro atoms. The molecule has 24 heavy (non-hydrogen) atoms. The Bertz CT molecular complexity index is 1080. The van der Waals surface area contributed by atoms with Crippen LogP contribution in [0.4, 0.5) is 5.13 Å². The van der Waals surface area contributed by atoms with Crippen LogP contribution in [0.1, 0.15) is 15.4 Å². The van der Waals surface area contributed by atoms with E-state index in [4.69, 9.17) is 4.74 Å². The van der Waals surface area contributed by atoms with Gasteiger partial charge < -0.3 is 4.74 Å². The van der Waals surface area contributed by atoms with Crippen molar-refractivity contribution in [2.24, 2.45) is 7.05 Å². The highest BCUT2D eigenvalue weighted by Crippen LogP contribution is 2.34. The number of aromatic nitrogens is 4. The van der Waals surface area contributed by atoms with Crippen LogP contribution in [0, 0.1) is 6.92 Å². The third-order valence-corrected chi connectivity index (χ3v) is 5.40. The summed E-state index contributed by atoms with van der Waals surface area (Å²) in [7, 11) is 3.22. The van der Waals surface area contributed by atoms with Crippen molar-refractivity contribution in [3.63, 3.8) is 0 Å². The Hall–Kier alpha value is -2.52. The first-order valence-corrected chi connectivity index (χ1v) is 8.74. The normalized spacial score (nSPS) is 11.3. The van der Waals surface area contributed by atoms with Crippen LogP contribution in [-0.2, 0) is 7.05 Å². The molecule has 1 aromatic carbocycles. The molecule has 0 saturated heterocycles. The SMILES string of the molecule is COc1nn(C)cc1C(=O)Nc1nc2ccc3sc(C)nc3c2s1. The lowest BCUT2D eigenvalue weighted by atomic mass is 10.3. The van der Waals surface area contributed by atoms with Crippen LogP contribution in [0.15, 0.2) is 18.3 Å². The van der Waals surface area contributed by atoms with Crippen LogP contribution < -0.4 is 10.1 Å². The lowest BCUT2D eigenvalue weighted by Gasteiger charge is -2.00. The number of hydrogen-bond acceptors (Lipinski definition) is 7. The molecule has 4 aromatic rings. The average Bonchev–Trinajstić information content (AvgIpc) is 3.21. The van der Waals surface area contributed by atoms with Gasteiger partial charge in [0, 0.05) is 13.2 Å². The minimum absolute atomic E-state index is 0.286. The Kier molecular flexibility index (Phi) is 3.47. The van der Waals surface area contributed by atoms with E-state index in [0.29, 0.717) is 10.7 Å². The molecule has 0 radical (unpaired) electrons. The van der Waals surface area contributed by atoms with E-state index in [9.17, 15) is 4.79 Å². The van der Waals surface area contributed by atoms with Gasteiger partial charge in [0.25, 0.3) is 5.91 Å². The van der Waals surface area contributed by atoms with Crippen molar-refractivity contribution in [3.8, 4) is 5.88 Å². The van der Waals surface area contributed by atoms with Gasteiger partial charge >= 0.3 is 0 Å². The van der Waals surface area contributed by atoms with Crippen LogP contribution in [0.5, 0.6) is 5.88 Å². The minimum Gasteiger partial charge on any atom is -0.479 e. The van der Waals surface area contributed by atoms with E-state index in [1.165, 1.54) is 23.1 Å². The first kappa shape index (κ1) is 15.0. The Balaban J connectivity index is 1.71. The summed E-state index contributed by atoms with van der Waals surface area (Å²) >= 11 is 3.06. The van der Waals surface area contributed by atoms with Crippen molar-refractivity contribution in [2.75, 3.05) is 12.4 Å². The monoisotopic (exact) mass is 359 g/mol. The Morgan fingerprint density at radius 2 is 2.12 bits per heavy atom. The average molecular weight is 359 g/mol. The van der Waals surface area contributed by atoms with Crippen LogP contribution >= 0.6 is 22.7 Å². The van der Waals surface area contributed by atoms with Gasteiger partial charge in [0.15, 0.2) is 5.13 Å². The second-order valence-electron chi connectivity index (χ2n) is 5.19. The van der Waals surface area contributed by atoms with Crippen LogP contribution in [-0.4, -0.2) is 32.8 Å². The van der Waals surface area contributed by atoms with Crippen LogP contribution in [0.3, 0.4) is 0 Å². The Morgan fingerprint density at radius 3 is 2.92 bits per heavy atom. The van der Waals surface area contributed by atoms with E-state index in [1.807, 2.05) is 19.1 Å². The number of anilines is 1. The zero-order valence-corrected chi connectivity index (χ0v) is 14.8. The van der Waals surface area contributed by atoms with E-state index in [0.717, 1.165) is 25.4 Å². The summed E-state index contributed by atoms with van der Waals surface area (Å²) in [6.45, 7) is 1.98. The molecule has 9 heteroatoms. The number of methoxy groups -OCH3 is 1. The van der Waals surface area contributed by atoms with Gasteiger partial charge in [0.05, 0.1) is 27.0 Å². The second-order valence-corrected chi connectivity index (χ2v) is 7.43. The molecule has 122 valence electrons. The molecule has 0 unspecified atom stereocenters. The standard InChI is InChI=1S/C15H13N5O2S2/c1-7-16-11-10(23-7)5-4-9-12(11)24-15(17-9)18-13(21)8-6-20(2)19-14(8)22-3/h4-6H,1-3H3,(H,17,18,21). The maximum Gasteiger partial charge on any atom is 0.264 e. The summed E-state index contributed by atoms with van der Waals surface area (Å²) in [5.74, 6) is -0.0154. The lowest BCUT2D eigenvalue weighted by molar-refractivity contribution is 0.102. The highest BCUT2D eigenvalue weighted by molar-refractivity contribution is 7.24. The fourth-order valence-corrected chi connectivity index (χ4v) is 4.33. The number of fused-ring (bicyclic) bond motifs is 3. The summed E-state index contributed by atoms with van der Waals surface area (Å²) in [5, 5.41) is 8.44. The number of carbonyl (C=O) groups is 1. The zero-order chi connectivity index (χ0) is 16.8. The summed E-state index contributed by atoms with van der Waals surface area (Å²) < 4.78 is 8.76. The van der Waals surface area contributed by atoms with Crippen molar-refractivity contribution in [1.82, 2.24) is 19.7 Å². The molecule has 0 aliphatic heterocycles. The van der Waals surface area contributed by atoms with Gasteiger partial charge in [0.2, 0.25) is 5.88 Å². The molecular weight excluding hydrogens is 346 g/mol. The maximum absolute atomic E-state index is 12.5. The Morgan fingerprint density at radius 1 is 1.29 bits per heavy atom. The van der Waals surface area contributed by atoms with E-state index in [-0.39, 0.29) is 11.8 Å². The number of aryl methyl sites for hydroxylation is 2. The number of rotatable bonds is 3. The highest BCUT2D eigenvalue weighted by Gasteiger charge is 2.18. The molecule has 0 bridgehead atoms.